The lowest BCUT2D eigenvalue weighted by Crippen LogP contribution is -2.55. The monoisotopic (exact) mass is 241 g/mol. The van der Waals surface area contributed by atoms with Gasteiger partial charge in [-0.2, -0.15) is 5.06 Å². The Bertz CT molecular complexity index is 400. The van der Waals surface area contributed by atoms with Gasteiger partial charge in [0.25, 0.3) is 0 Å². The van der Waals surface area contributed by atoms with Gasteiger partial charge in [-0.05, 0) is 6.92 Å². The second-order valence-electron chi connectivity index (χ2n) is 3.89. The zero-order chi connectivity index (χ0) is 16.1. The maximum atomic E-state index is 9.15. The van der Waals surface area contributed by atoms with Crippen molar-refractivity contribution in [3.8, 4) is 0 Å². The molecule has 0 amide bonds. The molecule has 16 heavy (non-hydrogen) atoms. The van der Waals surface area contributed by atoms with Crippen LogP contribution in [0.15, 0.2) is 0 Å². The Morgan fingerprint density at radius 1 is 1.62 bits per heavy atom. The number of ether oxygens (including phenoxy) is 2. The highest BCUT2D eigenvalue weighted by Crippen LogP contribution is 2.34. The van der Waals surface area contributed by atoms with E-state index in [1.165, 1.54) is 14.0 Å². The molecule has 5 nitrogen and oxygen atoms in total. The summed E-state index contributed by atoms with van der Waals surface area (Å²) in [6.45, 7) is -1.53. The van der Waals surface area contributed by atoms with Gasteiger partial charge in [-0.15, -0.1) is 0 Å². The van der Waals surface area contributed by atoms with Gasteiger partial charge in [-0.3, -0.25) is 0 Å². The molecule has 2 atom stereocenters. The molecule has 2 aliphatic rings. The van der Waals surface area contributed by atoms with Gasteiger partial charge in [0.15, 0.2) is 5.79 Å². The number of rotatable bonds is 2. The van der Waals surface area contributed by atoms with E-state index in [1.807, 2.05) is 0 Å². The average Bonchev–Trinajstić information content (AvgIpc) is 2.39. The van der Waals surface area contributed by atoms with Crippen LogP contribution in [0.25, 0.3) is 0 Å². The summed E-state index contributed by atoms with van der Waals surface area (Å²) in [7, 11) is 1.25. The molecular formula is C11H21NO4. The first-order valence-electron chi connectivity index (χ1n) is 7.76. The van der Waals surface area contributed by atoms with Crippen molar-refractivity contribution in [3.05, 3.63) is 0 Å². The highest BCUT2D eigenvalue weighted by Gasteiger charge is 2.43. The van der Waals surface area contributed by atoms with E-state index >= 15 is 0 Å². The number of piperidine rings is 1. The molecule has 2 fully saturated rings. The second kappa shape index (κ2) is 4.98. The Kier molecular flexibility index (Phi) is 2.26. The van der Waals surface area contributed by atoms with E-state index in [4.69, 9.17) is 26.3 Å². The lowest BCUT2D eigenvalue weighted by Gasteiger charge is -2.46. The average molecular weight is 241 g/mol. The summed E-state index contributed by atoms with van der Waals surface area (Å²) in [4.78, 5) is 4.95. The lowest BCUT2D eigenvalue weighted by molar-refractivity contribution is -0.326. The number of hydrogen-bond donors (Lipinski definition) is 1. The fraction of sp³-hybridized carbons (Fsp3) is 1.00. The van der Waals surface area contributed by atoms with E-state index in [2.05, 4.69) is 0 Å². The Labute approximate surface area is 103 Å². The molecular weight excluding hydrogens is 210 g/mol. The first kappa shape index (κ1) is 7.28. The standard InChI is InChI=1S/C11H21NO4/c1-9-5-11(3-4-12(9)14-2)15-7-10(6-13)8-16-11/h9-10,13H,3-8H2,1-2H3/i4T2,5T,9T,10T. The van der Waals surface area contributed by atoms with Crippen LogP contribution in [0.3, 0.4) is 0 Å². The Hall–Kier alpha value is -0.200. The van der Waals surface area contributed by atoms with E-state index in [0.717, 1.165) is 5.06 Å². The van der Waals surface area contributed by atoms with Crippen LogP contribution in [0.2, 0.25) is 0 Å². The summed E-state index contributed by atoms with van der Waals surface area (Å²) in [5.41, 5.74) is 0. The van der Waals surface area contributed by atoms with Crippen molar-refractivity contribution in [2.45, 2.75) is 31.5 Å². The van der Waals surface area contributed by atoms with Crippen molar-refractivity contribution >= 4 is 0 Å². The smallest absolute Gasteiger partial charge is 0.171 e. The SMILES string of the molecule is [3H]C1C2(CC([3H])([3H])N(OC)C1([3H])C)OCC([3H])(CO)CO2. The maximum Gasteiger partial charge on any atom is 0.171 e. The van der Waals surface area contributed by atoms with Gasteiger partial charge in [0.1, 0.15) is 0 Å². The van der Waals surface area contributed by atoms with Gasteiger partial charge in [-0.1, -0.05) is 0 Å². The van der Waals surface area contributed by atoms with Crippen molar-refractivity contribution in [2.75, 3.05) is 33.4 Å². The fourth-order valence-corrected chi connectivity index (χ4v) is 1.75. The van der Waals surface area contributed by atoms with E-state index in [9.17, 15) is 0 Å². The van der Waals surface area contributed by atoms with Gasteiger partial charge < -0.3 is 19.4 Å². The van der Waals surface area contributed by atoms with Crippen LogP contribution < -0.4 is 0 Å². The van der Waals surface area contributed by atoms with Crippen molar-refractivity contribution in [1.29, 1.82) is 0 Å². The molecule has 5 heteroatoms. The zero-order valence-electron chi connectivity index (χ0n) is 14.5. The van der Waals surface area contributed by atoms with E-state index in [1.54, 1.807) is 0 Å². The molecule has 2 aliphatic heterocycles. The molecule has 94 valence electrons. The van der Waals surface area contributed by atoms with Gasteiger partial charge in [0, 0.05) is 38.1 Å². The largest absolute Gasteiger partial charge is 0.396 e. The predicted octanol–water partition coefficient (Wildman–Crippen LogP) is 0.384. The van der Waals surface area contributed by atoms with E-state index in [0.29, 0.717) is 0 Å². The molecule has 2 rings (SSSR count). The van der Waals surface area contributed by atoms with Gasteiger partial charge in [-0.25, -0.2) is 0 Å². The van der Waals surface area contributed by atoms with Crippen LogP contribution in [-0.2, 0) is 14.3 Å². The topological polar surface area (TPSA) is 51.2 Å². The van der Waals surface area contributed by atoms with Crippen molar-refractivity contribution in [1.82, 2.24) is 5.06 Å². The van der Waals surface area contributed by atoms with E-state index in [-0.39, 0.29) is 19.6 Å². The van der Waals surface area contributed by atoms with Crippen LogP contribution in [0.1, 0.15) is 26.6 Å². The summed E-state index contributed by atoms with van der Waals surface area (Å²) < 4.78 is 51.5. The molecule has 0 aromatic heterocycles. The number of hydrogen-bond acceptors (Lipinski definition) is 5. The van der Waals surface area contributed by atoms with E-state index < -0.39 is 37.2 Å². The third-order valence-corrected chi connectivity index (χ3v) is 2.67. The third-order valence-electron chi connectivity index (χ3n) is 2.67. The third kappa shape index (κ3) is 2.38. The van der Waals surface area contributed by atoms with Crippen LogP contribution in [0, 0.1) is 5.89 Å². The van der Waals surface area contributed by atoms with Crippen LogP contribution in [-0.4, -0.2) is 55.4 Å². The predicted molar refractivity (Wildman–Crippen MR) is 57.6 cm³/mol. The first-order valence-corrected chi connectivity index (χ1v) is 5.18. The molecule has 0 aromatic carbocycles. The van der Waals surface area contributed by atoms with Gasteiger partial charge in [0.05, 0.1) is 26.9 Å². The second-order valence-corrected chi connectivity index (χ2v) is 3.89. The van der Waals surface area contributed by atoms with Crippen molar-refractivity contribution in [3.63, 3.8) is 0 Å². The lowest BCUT2D eigenvalue weighted by atomic mass is 9.97. The van der Waals surface area contributed by atoms with Crippen molar-refractivity contribution in [2.24, 2.45) is 5.89 Å². The number of nitrogens with zero attached hydrogens (tertiary/aromatic N) is 1. The normalized spacial score (nSPS) is 62.9. The molecule has 1 N–H and O–H groups in total. The summed E-state index contributed by atoms with van der Waals surface area (Å²) >= 11 is 0. The fourth-order valence-electron chi connectivity index (χ4n) is 1.75. The molecule has 2 heterocycles. The Balaban J connectivity index is 2.30. The first-order chi connectivity index (χ1) is 9.53. The Morgan fingerprint density at radius 3 is 2.88 bits per heavy atom. The highest BCUT2D eigenvalue weighted by molar-refractivity contribution is 4.85. The van der Waals surface area contributed by atoms with Crippen molar-refractivity contribution < 1.29 is 26.3 Å². The molecule has 0 aromatic rings. The molecule has 2 saturated heterocycles. The number of hydroxylamine groups is 2. The number of aliphatic hydroxyl groups excluding tert-OH is 1. The number of aliphatic hydroxyl groups is 1. The minimum Gasteiger partial charge on any atom is -0.396 e. The molecule has 2 unspecified atom stereocenters. The van der Waals surface area contributed by atoms with Crippen LogP contribution in [0.4, 0.5) is 0 Å². The van der Waals surface area contributed by atoms with Gasteiger partial charge in [0.2, 0.25) is 0 Å². The highest BCUT2D eigenvalue weighted by atomic mass is 16.7. The van der Waals surface area contributed by atoms with Crippen LogP contribution >= 0.6 is 0 Å². The molecule has 0 radical (unpaired) electrons. The Morgan fingerprint density at radius 2 is 2.31 bits per heavy atom. The quantitative estimate of drug-likeness (QED) is 0.757. The van der Waals surface area contributed by atoms with Crippen LogP contribution in [0.5, 0.6) is 0 Å². The maximum absolute atomic E-state index is 9.15. The summed E-state index contributed by atoms with van der Waals surface area (Å²) in [5.74, 6) is -2.96. The molecule has 0 saturated carbocycles. The molecule has 0 bridgehead atoms. The summed E-state index contributed by atoms with van der Waals surface area (Å²) in [6.07, 6.45) is -1.59. The summed E-state index contributed by atoms with van der Waals surface area (Å²) in [5, 5.41) is 9.98. The molecule has 1 spiro atoms. The zero-order valence-corrected chi connectivity index (χ0v) is 9.52. The molecule has 0 aliphatic carbocycles. The summed E-state index contributed by atoms with van der Waals surface area (Å²) in [6, 6.07) is -1.74. The minimum absolute atomic E-state index is 0.183. The van der Waals surface area contributed by atoms with Gasteiger partial charge >= 0.3 is 0 Å². The minimum atomic E-state index is -2.07.